The Morgan fingerprint density at radius 3 is 2.88 bits per heavy atom. The van der Waals surface area contributed by atoms with Crippen LogP contribution in [0.2, 0.25) is 0 Å². The average Bonchev–Trinajstić information content (AvgIpc) is 2.58. The zero-order chi connectivity index (χ0) is 12.3. The molecule has 1 atom stereocenters. The van der Waals surface area contributed by atoms with Crippen molar-refractivity contribution in [2.45, 2.75) is 44.6 Å². The molecule has 0 aromatic carbocycles. The molecule has 2 nitrogen and oxygen atoms in total. The van der Waals surface area contributed by atoms with Crippen LogP contribution in [0, 0.1) is 5.82 Å². The van der Waals surface area contributed by atoms with Gasteiger partial charge in [-0.3, -0.25) is 4.98 Å². The molecule has 0 saturated carbocycles. The standard InChI is InChI=1S/C14H18FNO/c1-14(17,11-6-4-2-3-5-7-11)12-8-13(15)10-16-9-12/h6,8-10,17H,2-5,7H2,1H3. The number of hydrogen-bond donors (Lipinski definition) is 1. The Bertz CT molecular complexity index is 426. The highest BCUT2D eigenvalue weighted by molar-refractivity contribution is 5.30. The summed E-state index contributed by atoms with van der Waals surface area (Å²) < 4.78 is 13.2. The first-order valence-corrected chi connectivity index (χ1v) is 6.13. The molecule has 17 heavy (non-hydrogen) atoms. The third kappa shape index (κ3) is 2.72. The smallest absolute Gasteiger partial charge is 0.141 e. The van der Waals surface area contributed by atoms with Crippen LogP contribution < -0.4 is 0 Å². The highest BCUT2D eigenvalue weighted by Crippen LogP contribution is 2.34. The van der Waals surface area contributed by atoms with E-state index in [1.165, 1.54) is 25.1 Å². The van der Waals surface area contributed by atoms with Gasteiger partial charge in [0.05, 0.1) is 6.20 Å². The van der Waals surface area contributed by atoms with Gasteiger partial charge in [-0.2, -0.15) is 0 Å². The summed E-state index contributed by atoms with van der Waals surface area (Å²) in [5.41, 5.74) is 0.424. The van der Waals surface area contributed by atoms with E-state index in [0.717, 1.165) is 31.0 Å². The van der Waals surface area contributed by atoms with Crippen LogP contribution in [-0.4, -0.2) is 10.1 Å². The minimum absolute atomic E-state index is 0.406. The number of aliphatic hydroxyl groups is 1. The predicted molar refractivity (Wildman–Crippen MR) is 64.9 cm³/mol. The lowest BCUT2D eigenvalue weighted by atomic mass is 9.86. The molecule has 92 valence electrons. The van der Waals surface area contributed by atoms with Gasteiger partial charge in [0.15, 0.2) is 0 Å². The molecule has 0 bridgehead atoms. The predicted octanol–water partition coefficient (Wildman–Crippen LogP) is 3.32. The van der Waals surface area contributed by atoms with E-state index in [0.29, 0.717) is 5.56 Å². The van der Waals surface area contributed by atoms with Crippen LogP contribution in [0.15, 0.2) is 30.1 Å². The molecule has 2 rings (SSSR count). The molecule has 0 spiro atoms. The Hall–Kier alpha value is -1.22. The van der Waals surface area contributed by atoms with Gasteiger partial charge in [0.1, 0.15) is 11.4 Å². The lowest BCUT2D eigenvalue weighted by Gasteiger charge is -2.26. The van der Waals surface area contributed by atoms with E-state index < -0.39 is 11.4 Å². The Morgan fingerprint density at radius 1 is 1.29 bits per heavy atom. The Balaban J connectivity index is 2.31. The number of hydrogen-bond acceptors (Lipinski definition) is 2. The van der Waals surface area contributed by atoms with Crippen molar-refractivity contribution in [3.8, 4) is 0 Å². The van der Waals surface area contributed by atoms with E-state index in [-0.39, 0.29) is 0 Å². The van der Waals surface area contributed by atoms with Gasteiger partial charge >= 0.3 is 0 Å². The van der Waals surface area contributed by atoms with E-state index >= 15 is 0 Å². The second-order valence-electron chi connectivity index (χ2n) is 4.79. The maximum atomic E-state index is 13.2. The van der Waals surface area contributed by atoms with E-state index in [1.54, 1.807) is 6.92 Å². The first-order chi connectivity index (χ1) is 8.10. The van der Waals surface area contributed by atoms with E-state index in [1.807, 2.05) is 0 Å². The monoisotopic (exact) mass is 235 g/mol. The number of rotatable bonds is 2. The summed E-state index contributed by atoms with van der Waals surface area (Å²) in [4.78, 5) is 3.81. The van der Waals surface area contributed by atoms with Crippen LogP contribution >= 0.6 is 0 Å². The highest BCUT2D eigenvalue weighted by Gasteiger charge is 2.28. The Labute approximate surface area is 101 Å². The second-order valence-corrected chi connectivity index (χ2v) is 4.79. The molecule has 0 aliphatic heterocycles. The first kappa shape index (κ1) is 12.2. The van der Waals surface area contributed by atoms with Gasteiger partial charge in [-0.05, 0) is 44.2 Å². The van der Waals surface area contributed by atoms with Gasteiger partial charge in [-0.25, -0.2) is 4.39 Å². The molecule has 1 unspecified atom stereocenters. The number of halogens is 1. The maximum Gasteiger partial charge on any atom is 0.141 e. The van der Waals surface area contributed by atoms with Crippen molar-refractivity contribution in [3.05, 3.63) is 41.5 Å². The van der Waals surface area contributed by atoms with Crippen LogP contribution in [0.1, 0.15) is 44.6 Å². The third-order valence-electron chi connectivity index (χ3n) is 3.43. The quantitative estimate of drug-likeness (QED) is 0.798. The molecule has 1 aromatic heterocycles. The van der Waals surface area contributed by atoms with Crippen molar-refractivity contribution in [3.63, 3.8) is 0 Å². The van der Waals surface area contributed by atoms with Crippen molar-refractivity contribution in [2.24, 2.45) is 0 Å². The van der Waals surface area contributed by atoms with Crippen LogP contribution in [-0.2, 0) is 5.60 Å². The summed E-state index contributed by atoms with van der Waals surface area (Å²) in [6.07, 6.45) is 10.1. The van der Waals surface area contributed by atoms with Crippen LogP contribution in [0.4, 0.5) is 4.39 Å². The Morgan fingerprint density at radius 2 is 2.12 bits per heavy atom. The number of pyridine rings is 1. The summed E-state index contributed by atoms with van der Waals surface area (Å²) >= 11 is 0. The highest BCUT2D eigenvalue weighted by atomic mass is 19.1. The zero-order valence-electron chi connectivity index (χ0n) is 10.1. The van der Waals surface area contributed by atoms with Crippen LogP contribution in [0.25, 0.3) is 0 Å². The summed E-state index contributed by atoms with van der Waals surface area (Å²) in [6, 6.07) is 1.36. The van der Waals surface area contributed by atoms with Gasteiger partial charge in [-0.15, -0.1) is 0 Å². The molecule has 3 heteroatoms. The number of aromatic nitrogens is 1. The summed E-state index contributed by atoms with van der Waals surface area (Å²) in [6.45, 7) is 1.72. The molecule has 1 aliphatic rings. The molecule has 1 aliphatic carbocycles. The number of nitrogens with zero attached hydrogens (tertiary/aromatic N) is 1. The zero-order valence-corrected chi connectivity index (χ0v) is 10.1. The first-order valence-electron chi connectivity index (χ1n) is 6.13. The summed E-state index contributed by atoms with van der Waals surface area (Å²) in [5.74, 6) is -0.406. The third-order valence-corrected chi connectivity index (χ3v) is 3.43. The lowest BCUT2D eigenvalue weighted by Crippen LogP contribution is -2.24. The lowest BCUT2D eigenvalue weighted by molar-refractivity contribution is 0.0924. The normalized spacial score (nSPS) is 20.3. The van der Waals surface area contributed by atoms with Gasteiger partial charge in [0.2, 0.25) is 0 Å². The number of allylic oxidation sites excluding steroid dienone is 1. The van der Waals surface area contributed by atoms with Gasteiger partial charge in [-0.1, -0.05) is 12.5 Å². The largest absolute Gasteiger partial charge is 0.381 e. The van der Waals surface area contributed by atoms with Crippen molar-refractivity contribution in [1.82, 2.24) is 4.98 Å². The minimum atomic E-state index is -1.10. The van der Waals surface area contributed by atoms with Gasteiger partial charge < -0.3 is 5.11 Å². The van der Waals surface area contributed by atoms with Crippen molar-refractivity contribution in [2.75, 3.05) is 0 Å². The average molecular weight is 235 g/mol. The van der Waals surface area contributed by atoms with Crippen LogP contribution in [0.5, 0.6) is 0 Å². The molecule has 0 saturated heterocycles. The van der Waals surface area contributed by atoms with Gasteiger partial charge in [0, 0.05) is 11.8 Å². The molecule has 0 fully saturated rings. The topological polar surface area (TPSA) is 33.1 Å². The molecule has 0 radical (unpaired) electrons. The molecule has 1 aromatic rings. The fourth-order valence-electron chi connectivity index (χ4n) is 2.32. The van der Waals surface area contributed by atoms with Crippen LogP contribution in [0.3, 0.4) is 0 Å². The van der Waals surface area contributed by atoms with Crippen molar-refractivity contribution in [1.29, 1.82) is 0 Å². The molecule has 0 amide bonds. The summed E-state index contributed by atoms with van der Waals surface area (Å²) in [5, 5.41) is 10.6. The van der Waals surface area contributed by atoms with Crippen molar-refractivity contribution >= 4 is 0 Å². The maximum absolute atomic E-state index is 13.2. The van der Waals surface area contributed by atoms with E-state index in [4.69, 9.17) is 0 Å². The fraction of sp³-hybridized carbons (Fsp3) is 0.500. The van der Waals surface area contributed by atoms with E-state index in [9.17, 15) is 9.50 Å². The van der Waals surface area contributed by atoms with E-state index in [2.05, 4.69) is 11.1 Å². The summed E-state index contributed by atoms with van der Waals surface area (Å²) in [7, 11) is 0. The Kier molecular flexibility index (Phi) is 3.57. The SMILES string of the molecule is CC(O)(C1=CCCCCC1)c1cncc(F)c1. The fourth-order valence-corrected chi connectivity index (χ4v) is 2.32. The van der Waals surface area contributed by atoms with Gasteiger partial charge in [0.25, 0.3) is 0 Å². The molecule has 1 N–H and O–H groups in total. The molecular weight excluding hydrogens is 217 g/mol. The van der Waals surface area contributed by atoms with Crippen molar-refractivity contribution < 1.29 is 9.50 Å². The molecular formula is C14H18FNO. The minimum Gasteiger partial charge on any atom is -0.381 e. The molecule has 1 heterocycles. The second kappa shape index (κ2) is 4.96.